The van der Waals surface area contributed by atoms with E-state index in [0.717, 1.165) is 6.42 Å². The number of rotatable bonds is 4. The molecular formula is C7H15AlO3. The number of ether oxygens (including phenoxy) is 1. The molecule has 0 N–H and O–H groups in total. The van der Waals surface area contributed by atoms with E-state index in [9.17, 15) is 9.59 Å². The van der Waals surface area contributed by atoms with Crippen molar-refractivity contribution in [3.05, 3.63) is 0 Å². The quantitative estimate of drug-likeness (QED) is 0.335. The van der Waals surface area contributed by atoms with Crippen molar-refractivity contribution < 1.29 is 14.3 Å². The first-order chi connectivity index (χ1) is 4.66. The first kappa shape index (κ1) is 13.3. The first-order valence-corrected chi connectivity index (χ1v) is 3.32. The molecule has 0 aromatic rings. The highest BCUT2D eigenvalue weighted by Crippen LogP contribution is 1.88. The van der Waals surface area contributed by atoms with E-state index in [1.807, 2.05) is 6.92 Å². The van der Waals surface area contributed by atoms with Gasteiger partial charge >= 0.3 is 5.97 Å². The molecule has 4 heteroatoms. The molecule has 0 amide bonds. The zero-order valence-electron chi connectivity index (χ0n) is 6.35. The molecule has 0 saturated heterocycles. The topological polar surface area (TPSA) is 43.4 Å². The zero-order chi connectivity index (χ0) is 7.98. The van der Waals surface area contributed by atoms with Crippen LogP contribution < -0.4 is 0 Å². The van der Waals surface area contributed by atoms with Crippen molar-refractivity contribution >= 4 is 29.1 Å². The minimum atomic E-state index is -0.422. The van der Waals surface area contributed by atoms with Crippen molar-refractivity contribution in [1.82, 2.24) is 0 Å². The van der Waals surface area contributed by atoms with Crippen LogP contribution in [-0.4, -0.2) is 35.7 Å². The molecule has 0 radical (unpaired) electrons. The Balaban J connectivity index is 0. The molecule has 64 valence electrons. The molecule has 0 saturated carbocycles. The van der Waals surface area contributed by atoms with E-state index >= 15 is 0 Å². The van der Waals surface area contributed by atoms with Crippen molar-refractivity contribution in [2.75, 3.05) is 6.61 Å². The molecule has 0 bridgehead atoms. The summed E-state index contributed by atoms with van der Waals surface area (Å²) >= 11 is 0. The largest absolute Gasteiger partial charge is 0.465 e. The molecule has 0 aromatic carbocycles. The van der Waals surface area contributed by atoms with Crippen LogP contribution in [0.15, 0.2) is 0 Å². The van der Waals surface area contributed by atoms with Gasteiger partial charge in [-0.05, 0) is 13.3 Å². The maximum absolute atomic E-state index is 10.6. The highest BCUT2D eigenvalue weighted by atomic mass is 27.0. The Morgan fingerprint density at radius 1 is 1.36 bits per heavy atom. The monoisotopic (exact) mass is 174 g/mol. The van der Waals surface area contributed by atoms with Gasteiger partial charge in [-0.25, -0.2) is 0 Å². The molecule has 0 spiro atoms. The molecular weight excluding hydrogens is 159 g/mol. The van der Waals surface area contributed by atoms with E-state index in [-0.39, 0.29) is 29.6 Å². The van der Waals surface area contributed by atoms with Crippen LogP contribution in [0.2, 0.25) is 0 Å². The summed E-state index contributed by atoms with van der Waals surface area (Å²) in [6, 6.07) is 0. The molecule has 3 nitrogen and oxygen atoms in total. The number of esters is 1. The third-order valence-electron chi connectivity index (χ3n) is 0.860. The highest BCUT2D eigenvalue weighted by molar-refractivity contribution is 5.94. The second-order valence-electron chi connectivity index (χ2n) is 2.10. The lowest BCUT2D eigenvalue weighted by Gasteiger charge is -1.98. The molecule has 0 aliphatic carbocycles. The Kier molecular flexibility index (Phi) is 9.38. The Hall–Kier alpha value is -0.328. The minimum absolute atomic E-state index is 0. The van der Waals surface area contributed by atoms with Crippen LogP contribution in [0.25, 0.3) is 0 Å². The van der Waals surface area contributed by atoms with Crippen LogP contribution in [0.4, 0.5) is 0 Å². The average Bonchev–Trinajstić information content (AvgIpc) is 1.82. The first-order valence-electron chi connectivity index (χ1n) is 3.32. The van der Waals surface area contributed by atoms with Crippen LogP contribution in [0, 0.1) is 0 Å². The molecule has 0 aliphatic heterocycles. The number of hydrogen-bond donors (Lipinski definition) is 0. The molecule has 0 rings (SSSR count). The standard InChI is InChI=1S/C7H12O3.Al.3H/c1-3-4-10-7(9)5-6(2)8;;;;/h3-5H2,1-2H3;;;;. The smallest absolute Gasteiger partial charge is 0.313 e. The van der Waals surface area contributed by atoms with E-state index in [1.54, 1.807) is 0 Å². The summed E-state index contributed by atoms with van der Waals surface area (Å²) in [5.74, 6) is -0.574. The van der Waals surface area contributed by atoms with Gasteiger partial charge in [-0.15, -0.1) is 0 Å². The zero-order valence-corrected chi connectivity index (χ0v) is 6.35. The van der Waals surface area contributed by atoms with E-state index < -0.39 is 5.97 Å². The van der Waals surface area contributed by atoms with Crippen LogP contribution in [0.1, 0.15) is 26.7 Å². The van der Waals surface area contributed by atoms with Gasteiger partial charge in [0.1, 0.15) is 12.2 Å². The van der Waals surface area contributed by atoms with Crippen molar-refractivity contribution in [2.24, 2.45) is 0 Å². The normalized spacial score (nSPS) is 8.18. The maximum Gasteiger partial charge on any atom is 0.313 e. The number of carbonyl (C=O) groups excluding carboxylic acids is 2. The molecule has 0 heterocycles. The van der Waals surface area contributed by atoms with Gasteiger partial charge in [0.2, 0.25) is 0 Å². The van der Waals surface area contributed by atoms with E-state index in [0.29, 0.717) is 6.61 Å². The minimum Gasteiger partial charge on any atom is -0.465 e. The van der Waals surface area contributed by atoms with Gasteiger partial charge in [-0.2, -0.15) is 0 Å². The van der Waals surface area contributed by atoms with Crippen molar-refractivity contribution in [2.45, 2.75) is 26.7 Å². The third kappa shape index (κ3) is 9.67. The summed E-state index contributed by atoms with van der Waals surface area (Å²) in [5, 5.41) is 0. The second kappa shape index (κ2) is 7.78. The number of hydrogen-bond acceptors (Lipinski definition) is 3. The average molecular weight is 174 g/mol. The lowest BCUT2D eigenvalue weighted by Crippen LogP contribution is -2.09. The summed E-state index contributed by atoms with van der Waals surface area (Å²) in [6.45, 7) is 3.68. The second-order valence-corrected chi connectivity index (χ2v) is 2.10. The van der Waals surface area contributed by atoms with Crippen LogP contribution in [0.5, 0.6) is 0 Å². The lowest BCUT2D eigenvalue weighted by atomic mass is 10.3. The van der Waals surface area contributed by atoms with Gasteiger partial charge in [-0.1, -0.05) is 6.92 Å². The maximum atomic E-state index is 10.6. The van der Waals surface area contributed by atoms with Crippen LogP contribution in [0.3, 0.4) is 0 Å². The van der Waals surface area contributed by atoms with E-state index in [1.165, 1.54) is 6.92 Å². The molecule has 11 heavy (non-hydrogen) atoms. The Bertz CT molecular complexity index is 134. The Morgan fingerprint density at radius 3 is 2.27 bits per heavy atom. The Morgan fingerprint density at radius 2 is 1.91 bits per heavy atom. The van der Waals surface area contributed by atoms with Gasteiger partial charge < -0.3 is 4.74 Å². The fourth-order valence-corrected chi connectivity index (χ4v) is 0.470. The van der Waals surface area contributed by atoms with E-state index in [4.69, 9.17) is 0 Å². The summed E-state index contributed by atoms with van der Waals surface area (Å²) in [4.78, 5) is 20.9. The van der Waals surface area contributed by atoms with E-state index in [2.05, 4.69) is 4.74 Å². The van der Waals surface area contributed by atoms with Crippen molar-refractivity contribution in [3.8, 4) is 0 Å². The summed E-state index contributed by atoms with van der Waals surface area (Å²) < 4.78 is 4.64. The van der Waals surface area contributed by atoms with Crippen molar-refractivity contribution in [1.29, 1.82) is 0 Å². The predicted molar refractivity (Wildman–Crippen MR) is 46.5 cm³/mol. The van der Waals surface area contributed by atoms with Gasteiger partial charge in [0.05, 0.1) is 6.61 Å². The SMILES string of the molecule is CCCOC(=O)CC(C)=O.[AlH3]. The van der Waals surface area contributed by atoms with Crippen LogP contribution >= 0.6 is 0 Å². The van der Waals surface area contributed by atoms with Gasteiger partial charge in [0, 0.05) is 0 Å². The van der Waals surface area contributed by atoms with Gasteiger partial charge in [0.15, 0.2) is 17.4 Å². The molecule has 0 unspecified atom stereocenters. The van der Waals surface area contributed by atoms with Crippen molar-refractivity contribution in [3.63, 3.8) is 0 Å². The van der Waals surface area contributed by atoms with Gasteiger partial charge in [-0.3, -0.25) is 9.59 Å². The number of ketones is 1. The summed E-state index contributed by atoms with van der Waals surface area (Å²) in [6.07, 6.45) is 0.698. The highest BCUT2D eigenvalue weighted by Gasteiger charge is 2.04. The summed E-state index contributed by atoms with van der Waals surface area (Å²) in [7, 11) is 0. The molecule has 0 atom stereocenters. The fraction of sp³-hybridized carbons (Fsp3) is 0.714. The molecule has 0 aliphatic rings. The third-order valence-corrected chi connectivity index (χ3v) is 0.860. The number of Topliss-reactive ketones (excluding diaryl/α,β-unsaturated/α-hetero) is 1. The van der Waals surface area contributed by atoms with Gasteiger partial charge in [0.25, 0.3) is 0 Å². The lowest BCUT2D eigenvalue weighted by molar-refractivity contribution is -0.145. The Labute approximate surface area is 77.2 Å². The summed E-state index contributed by atoms with van der Waals surface area (Å²) in [5.41, 5.74) is 0. The van der Waals surface area contributed by atoms with Crippen LogP contribution in [-0.2, 0) is 14.3 Å². The fourth-order valence-electron chi connectivity index (χ4n) is 0.470. The predicted octanol–water partition coefficient (Wildman–Crippen LogP) is -0.265. The number of carbonyl (C=O) groups is 2. The molecule has 0 fully saturated rings. The molecule has 0 aromatic heterocycles.